The molecule has 3 nitrogen and oxygen atoms in total. The smallest absolute Gasteiger partial charge is 0.306 e. The Labute approximate surface area is 116 Å². The predicted octanol–water partition coefficient (Wildman–Crippen LogP) is 3.32. The van der Waals surface area contributed by atoms with Gasteiger partial charge < -0.3 is 10.2 Å². The largest absolute Gasteiger partial charge is 0.481 e. The van der Waals surface area contributed by atoms with E-state index >= 15 is 0 Å². The number of aryl methyl sites for hydroxylation is 1. The topological polar surface area (TPSA) is 57.5 Å². The number of halogens is 2. The second-order valence-electron chi connectivity index (χ2n) is 5.11. The van der Waals surface area contributed by atoms with Crippen LogP contribution in [0.2, 0.25) is 5.02 Å². The molecule has 104 valence electrons. The van der Waals surface area contributed by atoms with Crippen LogP contribution in [0.1, 0.15) is 36.5 Å². The minimum atomic E-state index is -0.963. The first kappa shape index (κ1) is 14.3. The fraction of sp³-hybridized carbons (Fsp3) is 0.500. The third-order valence-electron chi connectivity index (χ3n) is 3.89. The third-order valence-corrected chi connectivity index (χ3v) is 4.22. The number of aliphatic carboxylic acids is 1. The molecule has 0 heterocycles. The molecule has 0 aliphatic heterocycles. The predicted molar refractivity (Wildman–Crippen MR) is 69.6 cm³/mol. The van der Waals surface area contributed by atoms with E-state index in [1.165, 1.54) is 12.1 Å². The lowest BCUT2D eigenvalue weighted by atomic mass is 9.86. The van der Waals surface area contributed by atoms with E-state index in [9.17, 15) is 14.3 Å². The molecule has 5 heteroatoms. The fourth-order valence-corrected chi connectivity index (χ4v) is 3.07. The molecule has 1 aliphatic rings. The lowest BCUT2D eigenvalue weighted by Gasteiger charge is -2.23. The fourth-order valence-electron chi connectivity index (χ4n) is 2.81. The highest BCUT2D eigenvalue weighted by molar-refractivity contribution is 6.31. The molecule has 3 unspecified atom stereocenters. The lowest BCUT2D eigenvalue weighted by Crippen LogP contribution is -2.24. The van der Waals surface area contributed by atoms with E-state index in [0.717, 1.165) is 6.42 Å². The molecule has 1 aromatic carbocycles. The molecule has 0 aromatic heterocycles. The van der Waals surface area contributed by atoms with Crippen LogP contribution in [-0.4, -0.2) is 16.2 Å². The molecule has 0 spiro atoms. The molecule has 2 N–H and O–H groups in total. The molecule has 0 amide bonds. The molecule has 0 saturated heterocycles. The van der Waals surface area contributed by atoms with Crippen LogP contribution in [0.4, 0.5) is 4.39 Å². The lowest BCUT2D eigenvalue weighted by molar-refractivity contribution is -0.144. The second kappa shape index (κ2) is 5.47. The van der Waals surface area contributed by atoms with Crippen LogP contribution in [0.3, 0.4) is 0 Å². The Morgan fingerprint density at radius 1 is 1.47 bits per heavy atom. The van der Waals surface area contributed by atoms with Gasteiger partial charge in [0.25, 0.3) is 0 Å². The minimum absolute atomic E-state index is 0.145. The summed E-state index contributed by atoms with van der Waals surface area (Å²) in [6.45, 7) is 1.59. The van der Waals surface area contributed by atoms with Gasteiger partial charge in [0.05, 0.1) is 12.0 Å². The van der Waals surface area contributed by atoms with Gasteiger partial charge in [0.15, 0.2) is 0 Å². The molecular weight excluding hydrogens is 271 g/mol. The van der Waals surface area contributed by atoms with Gasteiger partial charge in [-0.2, -0.15) is 0 Å². The summed E-state index contributed by atoms with van der Waals surface area (Å²) in [4.78, 5) is 11.1. The maximum absolute atomic E-state index is 13.3. The number of aliphatic hydroxyl groups excluding tert-OH is 1. The maximum Gasteiger partial charge on any atom is 0.306 e. The van der Waals surface area contributed by atoms with E-state index in [2.05, 4.69) is 0 Å². The number of carbonyl (C=O) groups is 1. The zero-order chi connectivity index (χ0) is 14.2. The first-order valence-corrected chi connectivity index (χ1v) is 6.66. The van der Waals surface area contributed by atoms with Gasteiger partial charge in [0, 0.05) is 10.9 Å². The van der Waals surface area contributed by atoms with E-state index in [-0.39, 0.29) is 10.9 Å². The summed E-state index contributed by atoms with van der Waals surface area (Å²) in [5.41, 5.74) is 0.807. The van der Waals surface area contributed by atoms with Crippen molar-refractivity contribution in [2.45, 2.75) is 32.3 Å². The average molecular weight is 287 g/mol. The zero-order valence-corrected chi connectivity index (χ0v) is 11.3. The van der Waals surface area contributed by atoms with Gasteiger partial charge in [-0.3, -0.25) is 4.79 Å². The molecule has 19 heavy (non-hydrogen) atoms. The van der Waals surface area contributed by atoms with Crippen LogP contribution in [0.25, 0.3) is 0 Å². The summed E-state index contributed by atoms with van der Waals surface area (Å²) in [5.74, 6) is -2.24. The number of hydrogen-bond donors (Lipinski definition) is 2. The first-order valence-electron chi connectivity index (χ1n) is 6.28. The SMILES string of the molecule is Cc1cc(C(O)C2CCCC2C(=O)O)c(Cl)cc1F. The van der Waals surface area contributed by atoms with Crippen molar-refractivity contribution in [2.75, 3.05) is 0 Å². The minimum Gasteiger partial charge on any atom is -0.481 e. The van der Waals surface area contributed by atoms with E-state index < -0.39 is 23.8 Å². The van der Waals surface area contributed by atoms with Crippen molar-refractivity contribution in [2.24, 2.45) is 11.8 Å². The van der Waals surface area contributed by atoms with E-state index in [0.29, 0.717) is 24.0 Å². The molecule has 2 rings (SSSR count). The van der Waals surface area contributed by atoms with Crippen LogP contribution >= 0.6 is 11.6 Å². The van der Waals surface area contributed by atoms with E-state index in [1.807, 2.05) is 0 Å². The van der Waals surface area contributed by atoms with Gasteiger partial charge in [-0.1, -0.05) is 18.0 Å². The average Bonchev–Trinajstić information content (AvgIpc) is 2.82. The van der Waals surface area contributed by atoms with Gasteiger partial charge in [-0.05, 0) is 43.0 Å². The van der Waals surface area contributed by atoms with Crippen LogP contribution in [-0.2, 0) is 4.79 Å². The van der Waals surface area contributed by atoms with Crippen molar-refractivity contribution in [3.8, 4) is 0 Å². The van der Waals surface area contributed by atoms with Crippen LogP contribution in [0, 0.1) is 24.6 Å². The zero-order valence-electron chi connectivity index (χ0n) is 10.6. The van der Waals surface area contributed by atoms with Crippen molar-refractivity contribution in [3.05, 3.63) is 34.1 Å². The normalized spacial score (nSPS) is 24.4. The van der Waals surface area contributed by atoms with Crippen LogP contribution in [0.5, 0.6) is 0 Å². The van der Waals surface area contributed by atoms with E-state index in [4.69, 9.17) is 16.7 Å². The highest BCUT2D eigenvalue weighted by Crippen LogP contribution is 2.42. The van der Waals surface area contributed by atoms with Gasteiger partial charge in [0.1, 0.15) is 5.82 Å². The Hall–Kier alpha value is -1.13. The number of carboxylic acids is 1. The Bertz CT molecular complexity index is 504. The second-order valence-corrected chi connectivity index (χ2v) is 5.51. The molecule has 1 fully saturated rings. The van der Waals surface area contributed by atoms with Crippen molar-refractivity contribution < 1.29 is 19.4 Å². The molecule has 1 aliphatic carbocycles. The van der Waals surface area contributed by atoms with E-state index in [1.54, 1.807) is 6.92 Å². The van der Waals surface area contributed by atoms with Crippen molar-refractivity contribution in [3.63, 3.8) is 0 Å². The third kappa shape index (κ3) is 2.74. The van der Waals surface area contributed by atoms with Crippen LogP contribution in [0.15, 0.2) is 12.1 Å². The molecular formula is C14H16ClFO3. The molecule has 3 atom stereocenters. The number of hydrogen-bond acceptors (Lipinski definition) is 2. The number of rotatable bonds is 3. The van der Waals surface area contributed by atoms with Gasteiger partial charge in [-0.15, -0.1) is 0 Å². The Morgan fingerprint density at radius 2 is 2.16 bits per heavy atom. The van der Waals surface area contributed by atoms with Gasteiger partial charge in [-0.25, -0.2) is 4.39 Å². The molecule has 0 bridgehead atoms. The quantitative estimate of drug-likeness (QED) is 0.896. The molecule has 1 saturated carbocycles. The summed E-state index contributed by atoms with van der Waals surface area (Å²) >= 11 is 5.95. The molecule has 0 radical (unpaired) electrons. The number of aliphatic hydroxyl groups is 1. The Morgan fingerprint density at radius 3 is 2.79 bits per heavy atom. The monoisotopic (exact) mass is 286 g/mol. The number of carboxylic acid groups (broad SMARTS) is 1. The molecule has 1 aromatic rings. The van der Waals surface area contributed by atoms with Crippen molar-refractivity contribution in [1.82, 2.24) is 0 Å². The van der Waals surface area contributed by atoms with Gasteiger partial charge in [0.2, 0.25) is 0 Å². The maximum atomic E-state index is 13.3. The number of benzene rings is 1. The van der Waals surface area contributed by atoms with Gasteiger partial charge >= 0.3 is 5.97 Å². The highest BCUT2D eigenvalue weighted by Gasteiger charge is 2.38. The summed E-state index contributed by atoms with van der Waals surface area (Å²) in [6.07, 6.45) is 1.02. The summed E-state index contributed by atoms with van der Waals surface area (Å²) in [5, 5.41) is 19.7. The standard InChI is InChI=1S/C14H16ClFO3/c1-7-5-10(11(15)6-12(7)16)13(17)8-3-2-4-9(8)14(18)19/h5-6,8-9,13,17H,2-4H2,1H3,(H,18,19). The van der Waals surface area contributed by atoms with Crippen molar-refractivity contribution in [1.29, 1.82) is 0 Å². The summed E-state index contributed by atoms with van der Waals surface area (Å²) in [6, 6.07) is 2.67. The highest BCUT2D eigenvalue weighted by atomic mass is 35.5. The Balaban J connectivity index is 2.31. The summed E-state index contributed by atoms with van der Waals surface area (Å²) in [7, 11) is 0. The first-order chi connectivity index (χ1) is 8.91. The van der Waals surface area contributed by atoms with Crippen molar-refractivity contribution >= 4 is 17.6 Å². The van der Waals surface area contributed by atoms with Crippen LogP contribution < -0.4 is 0 Å². The Kier molecular flexibility index (Phi) is 4.11. The summed E-state index contributed by atoms with van der Waals surface area (Å²) < 4.78 is 13.3.